The fraction of sp³-hybridized carbons (Fsp3) is 0.481. The standard InChI is InChI=1S/C27H32F3N5/c1-17-22(6-4-7-25(17)27(28,29)30)18(2)31-26-24-16-21(8-9-23(24)19(3)32-33-26)35-14-10-20(11-15-35)34-12-5-13-34/h4,6-9,16,18,20H,5,10-15H2,1-3H3,(H,31,33). The molecule has 0 aliphatic carbocycles. The van der Waals surface area contributed by atoms with E-state index in [-0.39, 0.29) is 11.6 Å². The van der Waals surface area contributed by atoms with Crippen LogP contribution in [0.1, 0.15) is 54.6 Å². The number of hydrogen-bond acceptors (Lipinski definition) is 5. The zero-order valence-corrected chi connectivity index (χ0v) is 20.5. The number of likely N-dealkylation sites (tertiary alicyclic amines) is 1. The van der Waals surface area contributed by atoms with Gasteiger partial charge in [0.05, 0.1) is 17.3 Å². The Kier molecular flexibility index (Phi) is 6.34. The highest BCUT2D eigenvalue weighted by Crippen LogP contribution is 2.36. The number of hydrogen-bond donors (Lipinski definition) is 1. The Morgan fingerprint density at radius 3 is 2.37 bits per heavy atom. The van der Waals surface area contributed by atoms with Gasteiger partial charge in [0.25, 0.3) is 0 Å². The van der Waals surface area contributed by atoms with Crippen LogP contribution in [0.3, 0.4) is 0 Å². The van der Waals surface area contributed by atoms with Crippen molar-refractivity contribution in [3.8, 4) is 0 Å². The van der Waals surface area contributed by atoms with E-state index in [4.69, 9.17) is 0 Å². The van der Waals surface area contributed by atoms with Crippen LogP contribution in [-0.4, -0.2) is 47.3 Å². The number of alkyl halides is 3. The quantitative estimate of drug-likeness (QED) is 0.474. The van der Waals surface area contributed by atoms with Gasteiger partial charge in [0.1, 0.15) is 0 Å². The Morgan fingerprint density at radius 2 is 1.71 bits per heavy atom. The molecule has 3 aromatic rings. The number of nitrogens with one attached hydrogen (secondary N) is 1. The summed E-state index contributed by atoms with van der Waals surface area (Å²) in [6.45, 7) is 9.82. The summed E-state index contributed by atoms with van der Waals surface area (Å²) in [5.74, 6) is 0.590. The topological polar surface area (TPSA) is 44.3 Å². The molecule has 1 N–H and O–H groups in total. The number of piperidine rings is 1. The van der Waals surface area contributed by atoms with Gasteiger partial charge in [-0.1, -0.05) is 18.2 Å². The van der Waals surface area contributed by atoms with E-state index in [0.717, 1.165) is 41.3 Å². The number of anilines is 2. The molecule has 1 unspecified atom stereocenters. The lowest BCUT2D eigenvalue weighted by Gasteiger charge is -2.43. The molecule has 3 heterocycles. The Bertz CT molecular complexity index is 1210. The number of fused-ring (bicyclic) bond motifs is 1. The highest BCUT2D eigenvalue weighted by atomic mass is 19.4. The van der Waals surface area contributed by atoms with E-state index in [2.05, 4.69) is 43.5 Å². The van der Waals surface area contributed by atoms with Gasteiger partial charge in [0.2, 0.25) is 0 Å². The van der Waals surface area contributed by atoms with Crippen LogP contribution in [0.5, 0.6) is 0 Å². The molecule has 1 atom stereocenters. The SMILES string of the molecule is Cc1c(C(C)Nc2nnc(C)c3ccc(N4CCC(N5CCC5)CC4)cc23)cccc1C(F)(F)F. The lowest BCUT2D eigenvalue weighted by molar-refractivity contribution is -0.138. The average Bonchev–Trinajstić information content (AvgIpc) is 2.79. The van der Waals surface area contributed by atoms with Crippen molar-refractivity contribution in [3.63, 3.8) is 0 Å². The van der Waals surface area contributed by atoms with Crippen LogP contribution in [0.25, 0.3) is 10.8 Å². The van der Waals surface area contributed by atoms with Crippen molar-refractivity contribution in [1.29, 1.82) is 0 Å². The van der Waals surface area contributed by atoms with Gasteiger partial charge in [-0.25, -0.2) is 0 Å². The fourth-order valence-electron chi connectivity index (χ4n) is 5.49. The summed E-state index contributed by atoms with van der Waals surface area (Å²) in [4.78, 5) is 5.02. The molecule has 8 heteroatoms. The number of rotatable bonds is 5. The maximum Gasteiger partial charge on any atom is 0.416 e. The van der Waals surface area contributed by atoms with Crippen LogP contribution in [0, 0.1) is 13.8 Å². The molecule has 5 rings (SSSR count). The van der Waals surface area contributed by atoms with Crippen molar-refractivity contribution in [1.82, 2.24) is 15.1 Å². The molecule has 2 saturated heterocycles. The van der Waals surface area contributed by atoms with Crippen LogP contribution in [0.15, 0.2) is 36.4 Å². The monoisotopic (exact) mass is 483 g/mol. The molecular formula is C27H32F3N5. The molecule has 2 aliphatic heterocycles. The third-order valence-electron chi connectivity index (χ3n) is 7.69. The van der Waals surface area contributed by atoms with Crippen molar-refractivity contribution in [3.05, 3.63) is 58.8 Å². The zero-order valence-electron chi connectivity index (χ0n) is 20.5. The first-order valence-corrected chi connectivity index (χ1v) is 12.4. The number of nitrogens with zero attached hydrogens (tertiary/aromatic N) is 4. The normalized spacial score (nSPS) is 18.5. The molecular weight excluding hydrogens is 451 g/mol. The maximum absolute atomic E-state index is 13.4. The van der Waals surface area contributed by atoms with E-state index in [1.54, 1.807) is 6.07 Å². The molecule has 2 aromatic carbocycles. The minimum Gasteiger partial charge on any atom is -0.371 e. The van der Waals surface area contributed by atoms with Gasteiger partial charge in [-0.2, -0.15) is 18.3 Å². The minimum atomic E-state index is -4.38. The molecule has 0 bridgehead atoms. The van der Waals surface area contributed by atoms with Crippen LogP contribution in [-0.2, 0) is 6.18 Å². The van der Waals surface area contributed by atoms with Gasteiger partial charge < -0.3 is 15.1 Å². The van der Waals surface area contributed by atoms with E-state index >= 15 is 0 Å². The molecule has 1 aromatic heterocycles. The van der Waals surface area contributed by atoms with Gasteiger partial charge >= 0.3 is 6.18 Å². The molecule has 2 fully saturated rings. The van der Waals surface area contributed by atoms with Crippen LogP contribution in [0.2, 0.25) is 0 Å². The van der Waals surface area contributed by atoms with Crippen molar-refractivity contribution in [2.75, 3.05) is 36.4 Å². The van der Waals surface area contributed by atoms with E-state index in [1.807, 2.05) is 13.8 Å². The molecule has 5 nitrogen and oxygen atoms in total. The van der Waals surface area contributed by atoms with Crippen LogP contribution < -0.4 is 10.2 Å². The molecule has 0 spiro atoms. The zero-order chi connectivity index (χ0) is 24.7. The first-order valence-electron chi connectivity index (χ1n) is 12.4. The second-order valence-corrected chi connectivity index (χ2v) is 9.86. The second-order valence-electron chi connectivity index (χ2n) is 9.86. The number of aryl methyl sites for hydroxylation is 1. The highest BCUT2D eigenvalue weighted by molar-refractivity contribution is 5.95. The Morgan fingerprint density at radius 1 is 0.971 bits per heavy atom. The first kappa shape index (κ1) is 23.9. The Balaban J connectivity index is 1.41. The largest absolute Gasteiger partial charge is 0.416 e. The van der Waals surface area contributed by atoms with E-state index in [0.29, 0.717) is 17.4 Å². The third-order valence-corrected chi connectivity index (χ3v) is 7.69. The van der Waals surface area contributed by atoms with Gasteiger partial charge in [-0.3, -0.25) is 0 Å². The summed E-state index contributed by atoms with van der Waals surface area (Å²) >= 11 is 0. The van der Waals surface area contributed by atoms with E-state index < -0.39 is 11.7 Å². The van der Waals surface area contributed by atoms with Gasteiger partial charge in [0.15, 0.2) is 5.82 Å². The highest BCUT2D eigenvalue weighted by Gasteiger charge is 2.33. The minimum absolute atomic E-state index is 0.232. The average molecular weight is 484 g/mol. The molecule has 0 saturated carbocycles. The van der Waals surface area contributed by atoms with E-state index in [9.17, 15) is 13.2 Å². The van der Waals surface area contributed by atoms with E-state index in [1.165, 1.54) is 45.3 Å². The van der Waals surface area contributed by atoms with Crippen molar-refractivity contribution in [2.45, 2.75) is 58.3 Å². The predicted molar refractivity (Wildman–Crippen MR) is 134 cm³/mol. The summed E-state index contributed by atoms with van der Waals surface area (Å²) in [6.07, 6.45) is -0.723. The summed E-state index contributed by atoms with van der Waals surface area (Å²) in [6, 6.07) is 11.0. The maximum atomic E-state index is 13.4. The van der Waals surface area contributed by atoms with Gasteiger partial charge in [-0.15, -0.1) is 5.10 Å². The second kappa shape index (κ2) is 9.30. The number of aromatic nitrogens is 2. The van der Waals surface area contributed by atoms with Crippen LogP contribution >= 0.6 is 0 Å². The summed E-state index contributed by atoms with van der Waals surface area (Å²) in [5, 5.41) is 14.0. The van der Waals surface area contributed by atoms with Crippen molar-refractivity contribution < 1.29 is 13.2 Å². The fourth-order valence-corrected chi connectivity index (χ4v) is 5.49. The predicted octanol–water partition coefficient (Wildman–Crippen LogP) is 6.11. The summed E-state index contributed by atoms with van der Waals surface area (Å²) < 4.78 is 40.3. The smallest absolute Gasteiger partial charge is 0.371 e. The van der Waals surface area contributed by atoms with Crippen molar-refractivity contribution >= 4 is 22.3 Å². The number of halogens is 3. The third kappa shape index (κ3) is 4.68. The first-order chi connectivity index (χ1) is 16.7. The Labute approximate surface area is 204 Å². The van der Waals surface area contributed by atoms with Crippen LogP contribution in [0.4, 0.5) is 24.7 Å². The van der Waals surface area contributed by atoms with Gasteiger partial charge in [0, 0.05) is 35.6 Å². The lowest BCUT2D eigenvalue weighted by atomic mass is 9.97. The number of benzene rings is 2. The molecule has 2 aliphatic rings. The lowest BCUT2D eigenvalue weighted by Crippen LogP contribution is -2.50. The molecule has 35 heavy (non-hydrogen) atoms. The summed E-state index contributed by atoms with van der Waals surface area (Å²) in [5.41, 5.74) is 2.21. The molecule has 0 radical (unpaired) electrons. The Hall–Kier alpha value is -2.87. The van der Waals surface area contributed by atoms with Crippen molar-refractivity contribution in [2.24, 2.45) is 0 Å². The van der Waals surface area contributed by atoms with Gasteiger partial charge in [-0.05, 0) is 82.4 Å². The summed E-state index contributed by atoms with van der Waals surface area (Å²) in [7, 11) is 0. The molecule has 186 valence electrons. The molecule has 0 amide bonds.